The van der Waals surface area contributed by atoms with Gasteiger partial charge in [0.25, 0.3) is 5.91 Å². The zero-order chi connectivity index (χ0) is 22.4. The summed E-state index contributed by atoms with van der Waals surface area (Å²) in [6.45, 7) is 3.24. The maximum atomic E-state index is 12.7. The van der Waals surface area contributed by atoms with Crippen LogP contribution in [-0.4, -0.2) is 36.0 Å². The molecule has 2 aromatic heterocycles. The molecule has 160 valence electrons. The van der Waals surface area contributed by atoms with Crippen LogP contribution in [0.4, 0.5) is 5.00 Å². The topological polar surface area (TPSA) is 94.6 Å². The number of thiophene rings is 1. The van der Waals surface area contributed by atoms with Gasteiger partial charge < -0.3 is 14.8 Å². The number of hydrogen-bond donors (Lipinski definition) is 1. The van der Waals surface area contributed by atoms with Crippen LogP contribution in [0.5, 0.6) is 0 Å². The number of benzene rings is 1. The quantitative estimate of drug-likeness (QED) is 0.405. The van der Waals surface area contributed by atoms with Crippen LogP contribution in [0, 0.1) is 6.92 Å². The predicted molar refractivity (Wildman–Crippen MR) is 119 cm³/mol. The van der Waals surface area contributed by atoms with Crippen molar-refractivity contribution in [2.24, 2.45) is 0 Å². The molecule has 0 radical (unpaired) electrons. The van der Waals surface area contributed by atoms with E-state index in [0.717, 1.165) is 10.4 Å². The van der Waals surface area contributed by atoms with Crippen molar-refractivity contribution in [2.75, 3.05) is 18.5 Å². The molecule has 2 heterocycles. The van der Waals surface area contributed by atoms with E-state index in [0.29, 0.717) is 10.6 Å². The Morgan fingerprint density at radius 2 is 1.81 bits per heavy atom. The van der Waals surface area contributed by atoms with E-state index in [4.69, 9.17) is 21.1 Å². The third kappa shape index (κ3) is 5.48. The van der Waals surface area contributed by atoms with Gasteiger partial charge in [-0.3, -0.25) is 4.79 Å². The van der Waals surface area contributed by atoms with Crippen LogP contribution in [0.3, 0.4) is 0 Å². The molecule has 0 unspecified atom stereocenters. The van der Waals surface area contributed by atoms with Crippen molar-refractivity contribution in [3.05, 3.63) is 69.8 Å². The van der Waals surface area contributed by atoms with Crippen LogP contribution < -0.4 is 5.32 Å². The van der Waals surface area contributed by atoms with Crippen molar-refractivity contribution in [2.45, 2.75) is 13.8 Å². The van der Waals surface area contributed by atoms with Gasteiger partial charge >= 0.3 is 11.9 Å². The Hall–Kier alpha value is -3.23. The van der Waals surface area contributed by atoms with Gasteiger partial charge in [0.15, 0.2) is 6.61 Å². The lowest BCUT2D eigenvalue weighted by Gasteiger charge is -2.09. The van der Waals surface area contributed by atoms with Crippen molar-refractivity contribution in [1.82, 2.24) is 4.98 Å². The number of carbonyl (C=O) groups excluding carboxylic acids is 3. The third-order valence-corrected chi connectivity index (χ3v) is 5.42. The van der Waals surface area contributed by atoms with Gasteiger partial charge in [-0.1, -0.05) is 41.9 Å². The minimum absolute atomic E-state index is 0.169. The molecular weight excluding hydrogens is 440 g/mol. The highest BCUT2D eigenvalue weighted by molar-refractivity contribution is 7.17. The van der Waals surface area contributed by atoms with Gasteiger partial charge in [0.2, 0.25) is 0 Å². The monoisotopic (exact) mass is 458 g/mol. The van der Waals surface area contributed by atoms with Crippen molar-refractivity contribution >= 4 is 45.8 Å². The fourth-order valence-electron chi connectivity index (χ4n) is 2.86. The van der Waals surface area contributed by atoms with Crippen LogP contribution in [0.1, 0.15) is 32.5 Å². The minimum Gasteiger partial charge on any atom is -0.462 e. The van der Waals surface area contributed by atoms with Crippen LogP contribution >= 0.6 is 22.9 Å². The molecule has 0 aliphatic rings. The van der Waals surface area contributed by atoms with Crippen LogP contribution in [0.2, 0.25) is 5.15 Å². The Balaban J connectivity index is 1.78. The van der Waals surface area contributed by atoms with Gasteiger partial charge in [-0.2, -0.15) is 0 Å². The number of aromatic nitrogens is 1. The second-order valence-electron chi connectivity index (χ2n) is 6.32. The number of ether oxygens (including phenoxy) is 2. The summed E-state index contributed by atoms with van der Waals surface area (Å²) < 4.78 is 10.2. The highest BCUT2D eigenvalue weighted by Crippen LogP contribution is 2.40. The summed E-state index contributed by atoms with van der Waals surface area (Å²) in [6.07, 6.45) is 1.26. The summed E-state index contributed by atoms with van der Waals surface area (Å²) >= 11 is 6.94. The number of pyridine rings is 1. The highest BCUT2D eigenvalue weighted by Gasteiger charge is 2.25. The largest absolute Gasteiger partial charge is 0.462 e. The molecular formula is C22H19ClN2O5S. The molecule has 3 aromatic rings. The van der Waals surface area contributed by atoms with Crippen molar-refractivity contribution in [3.63, 3.8) is 0 Å². The summed E-state index contributed by atoms with van der Waals surface area (Å²) in [4.78, 5) is 41.8. The van der Waals surface area contributed by atoms with E-state index < -0.39 is 24.5 Å². The number of carbonyl (C=O) groups is 3. The lowest BCUT2D eigenvalue weighted by Crippen LogP contribution is -2.21. The Morgan fingerprint density at radius 3 is 2.45 bits per heavy atom. The van der Waals surface area contributed by atoms with E-state index in [1.54, 1.807) is 6.92 Å². The number of esters is 2. The number of amides is 1. The first-order valence-electron chi connectivity index (χ1n) is 9.35. The number of aryl methyl sites for hydroxylation is 1. The maximum absolute atomic E-state index is 12.7. The van der Waals surface area contributed by atoms with Crippen molar-refractivity contribution in [1.29, 1.82) is 0 Å². The normalized spacial score (nSPS) is 10.4. The molecule has 7 nitrogen and oxygen atoms in total. The number of rotatable bonds is 7. The van der Waals surface area contributed by atoms with E-state index in [2.05, 4.69) is 10.3 Å². The first-order valence-corrected chi connectivity index (χ1v) is 10.5. The smallest absolute Gasteiger partial charge is 0.341 e. The lowest BCUT2D eigenvalue weighted by atomic mass is 10.0. The number of halogens is 1. The Labute approximate surface area is 188 Å². The van der Waals surface area contributed by atoms with E-state index in [1.165, 1.54) is 29.7 Å². The first-order chi connectivity index (χ1) is 14.9. The van der Waals surface area contributed by atoms with E-state index in [9.17, 15) is 14.4 Å². The predicted octanol–water partition coefficient (Wildman–Crippen LogP) is 4.74. The molecule has 9 heteroatoms. The van der Waals surface area contributed by atoms with Crippen LogP contribution in [0.25, 0.3) is 11.1 Å². The van der Waals surface area contributed by atoms with E-state index >= 15 is 0 Å². The molecule has 0 fully saturated rings. The molecule has 0 atom stereocenters. The van der Waals surface area contributed by atoms with Gasteiger partial charge in [-0.15, -0.1) is 11.3 Å². The molecule has 0 bridgehead atoms. The number of hydrogen-bond acceptors (Lipinski definition) is 7. The fraction of sp³-hybridized carbons (Fsp3) is 0.182. The number of anilines is 1. The summed E-state index contributed by atoms with van der Waals surface area (Å²) in [6, 6.07) is 12.3. The summed E-state index contributed by atoms with van der Waals surface area (Å²) in [7, 11) is 0. The number of nitrogens with zero attached hydrogens (tertiary/aromatic N) is 1. The second-order valence-corrected chi connectivity index (χ2v) is 7.93. The van der Waals surface area contributed by atoms with Crippen LogP contribution in [-0.2, 0) is 14.3 Å². The van der Waals surface area contributed by atoms with Crippen molar-refractivity contribution in [3.8, 4) is 11.1 Å². The molecule has 1 amide bonds. The van der Waals surface area contributed by atoms with Gasteiger partial charge in [0.1, 0.15) is 15.7 Å². The SMILES string of the molecule is CCOC(=O)c1c(NC(=O)COC(=O)c2ccc(Cl)nc2)sc(C)c1-c1ccccc1. The average molecular weight is 459 g/mol. The molecule has 3 rings (SSSR count). The Kier molecular flexibility index (Phi) is 7.38. The summed E-state index contributed by atoms with van der Waals surface area (Å²) in [5.41, 5.74) is 1.98. The fourth-order valence-corrected chi connectivity index (χ4v) is 4.05. The van der Waals surface area contributed by atoms with Gasteiger partial charge in [0.05, 0.1) is 12.2 Å². The molecule has 0 saturated heterocycles. The van der Waals surface area contributed by atoms with Crippen molar-refractivity contribution < 1.29 is 23.9 Å². The third-order valence-electron chi connectivity index (χ3n) is 4.18. The maximum Gasteiger partial charge on any atom is 0.341 e. The minimum atomic E-state index is -0.711. The Bertz CT molecular complexity index is 1100. The first kappa shape index (κ1) is 22.5. The molecule has 0 saturated carbocycles. The molecule has 0 aliphatic carbocycles. The van der Waals surface area contributed by atoms with E-state index in [1.807, 2.05) is 37.3 Å². The van der Waals surface area contributed by atoms with Gasteiger partial charge in [-0.05, 0) is 31.5 Å². The number of nitrogens with one attached hydrogen (secondary N) is 1. The summed E-state index contributed by atoms with van der Waals surface area (Å²) in [5, 5.41) is 3.24. The zero-order valence-corrected chi connectivity index (χ0v) is 18.4. The van der Waals surface area contributed by atoms with E-state index in [-0.39, 0.29) is 22.9 Å². The summed E-state index contributed by atoms with van der Waals surface area (Å²) in [5.74, 6) is -1.83. The molecule has 0 spiro atoms. The highest BCUT2D eigenvalue weighted by atomic mass is 35.5. The van der Waals surface area contributed by atoms with Gasteiger partial charge in [0, 0.05) is 16.6 Å². The van der Waals surface area contributed by atoms with Crippen LogP contribution in [0.15, 0.2) is 48.7 Å². The zero-order valence-electron chi connectivity index (χ0n) is 16.8. The Morgan fingerprint density at radius 1 is 1.06 bits per heavy atom. The van der Waals surface area contributed by atoms with Gasteiger partial charge in [-0.25, -0.2) is 14.6 Å². The molecule has 1 aromatic carbocycles. The molecule has 31 heavy (non-hydrogen) atoms. The molecule has 1 N–H and O–H groups in total. The molecule has 0 aliphatic heterocycles. The second kappa shape index (κ2) is 10.2. The standard InChI is InChI=1S/C22H19ClN2O5S/c1-3-29-22(28)19-18(14-7-5-4-6-8-14)13(2)31-20(19)25-17(26)12-30-21(27)15-9-10-16(23)24-11-15/h4-11H,3,12H2,1-2H3,(H,25,26). The average Bonchev–Trinajstić information content (AvgIpc) is 3.08. The lowest BCUT2D eigenvalue weighted by molar-refractivity contribution is -0.119.